The minimum atomic E-state index is -1.02. The molecule has 10 heteroatoms. The average Bonchev–Trinajstić information content (AvgIpc) is 3.47. The van der Waals surface area contributed by atoms with E-state index in [-0.39, 0.29) is 18.6 Å². The molecule has 1 atom stereocenters. The van der Waals surface area contributed by atoms with E-state index in [0.29, 0.717) is 50.3 Å². The van der Waals surface area contributed by atoms with Crippen molar-refractivity contribution < 1.29 is 18.3 Å². The number of allylic oxidation sites excluding steroid dienone is 1. The largest absolute Gasteiger partial charge is 0.373 e. The van der Waals surface area contributed by atoms with Gasteiger partial charge in [0.1, 0.15) is 25.3 Å². The predicted octanol–water partition coefficient (Wildman–Crippen LogP) is 3.80. The molecule has 1 saturated heterocycles. The van der Waals surface area contributed by atoms with Crippen molar-refractivity contribution in [3.05, 3.63) is 46.7 Å². The zero-order chi connectivity index (χ0) is 24.3. The minimum absolute atomic E-state index is 0.115. The van der Waals surface area contributed by atoms with Crippen LogP contribution in [-0.4, -0.2) is 73.3 Å². The van der Waals surface area contributed by atoms with Crippen LogP contribution in [0.15, 0.2) is 41.3 Å². The van der Waals surface area contributed by atoms with Gasteiger partial charge < -0.3 is 15.0 Å². The van der Waals surface area contributed by atoms with E-state index < -0.39 is 19.5 Å². The fourth-order valence-corrected chi connectivity index (χ4v) is 4.09. The Morgan fingerprint density at radius 3 is 2.76 bits per heavy atom. The predicted molar refractivity (Wildman–Crippen MR) is 127 cm³/mol. The molecule has 1 aromatic rings. The monoisotopic (exact) mass is 493 g/mol. The number of carbonyl (C=O) groups excluding carboxylic acids is 1. The van der Waals surface area contributed by atoms with E-state index in [0.717, 1.165) is 23.5 Å². The van der Waals surface area contributed by atoms with Crippen molar-refractivity contribution in [2.45, 2.75) is 44.2 Å². The number of ether oxygens (including phenoxy) is 1. The average molecular weight is 494 g/mol. The number of nitrogens with one attached hydrogen (secondary N) is 1. The normalized spacial score (nSPS) is 18.6. The maximum absolute atomic E-state index is 12.6. The number of unbranched alkanes of at least 4 members (excludes halogenated alkanes) is 1. The molecule has 1 aromatic carbocycles. The molecule has 0 radical (unpaired) electrons. The van der Waals surface area contributed by atoms with Crippen molar-refractivity contribution in [1.29, 1.82) is 5.26 Å². The second-order valence-electron chi connectivity index (χ2n) is 8.15. The van der Waals surface area contributed by atoms with Crippen LogP contribution in [0.5, 0.6) is 0 Å². The minimum Gasteiger partial charge on any atom is -0.373 e. The summed E-state index contributed by atoms with van der Waals surface area (Å²) in [7, 11) is 0. The summed E-state index contributed by atoms with van der Waals surface area (Å²) in [5.41, 5.74) is 1.68. The number of hydrazone groups is 1. The van der Waals surface area contributed by atoms with Crippen LogP contribution >= 0.6 is 11.6 Å². The lowest BCUT2D eigenvalue weighted by Crippen LogP contribution is -2.44. The number of likely N-dealkylation sites (tertiary alicyclic amines) is 1. The third kappa shape index (κ3) is 6.90. The number of nitrogens with zero attached hydrogens (tertiary/aromatic N) is 4. The third-order valence-electron chi connectivity index (χ3n) is 5.71. The Morgan fingerprint density at radius 2 is 2.12 bits per heavy atom. The van der Waals surface area contributed by atoms with Crippen molar-refractivity contribution in [2.75, 3.05) is 39.6 Å². The Labute approximate surface area is 204 Å². The highest BCUT2D eigenvalue weighted by Crippen LogP contribution is 2.26. The molecule has 0 aromatic heterocycles. The zero-order valence-electron chi connectivity index (χ0n) is 19.1. The van der Waals surface area contributed by atoms with E-state index in [9.17, 15) is 13.6 Å². The van der Waals surface area contributed by atoms with E-state index in [1.807, 2.05) is 28.1 Å². The lowest BCUT2D eigenvalue weighted by molar-refractivity contribution is -0.128. The number of nitriles is 1. The van der Waals surface area contributed by atoms with Gasteiger partial charge in [-0.1, -0.05) is 23.7 Å². The van der Waals surface area contributed by atoms with Gasteiger partial charge in [-0.25, -0.2) is 13.8 Å². The molecule has 3 rings (SSSR count). The fourth-order valence-electron chi connectivity index (χ4n) is 3.97. The van der Waals surface area contributed by atoms with E-state index in [1.165, 1.54) is 0 Å². The number of benzene rings is 1. The number of hydrogen-bond acceptors (Lipinski definition) is 6. The maximum atomic E-state index is 12.6. The van der Waals surface area contributed by atoms with Gasteiger partial charge in [0.25, 0.3) is 0 Å². The molecule has 2 aliphatic rings. The summed E-state index contributed by atoms with van der Waals surface area (Å²) in [5, 5.41) is 19.6. The molecule has 7 nitrogen and oxygen atoms in total. The van der Waals surface area contributed by atoms with Crippen LogP contribution in [0.4, 0.5) is 8.78 Å². The van der Waals surface area contributed by atoms with Crippen LogP contribution in [0.25, 0.3) is 0 Å². The van der Waals surface area contributed by atoms with Gasteiger partial charge in [0.2, 0.25) is 5.91 Å². The van der Waals surface area contributed by atoms with Gasteiger partial charge in [0, 0.05) is 43.1 Å². The molecule has 184 valence electrons. The highest BCUT2D eigenvalue weighted by Gasteiger charge is 2.38. The number of hydrogen-bond donors (Lipinski definition) is 1. The van der Waals surface area contributed by atoms with E-state index in [4.69, 9.17) is 26.7 Å². The molecule has 0 aliphatic carbocycles. The molecule has 1 amide bonds. The van der Waals surface area contributed by atoms with Crippen molar-refractivity contribution >= 4 is 23.2 Å². The lowest BCUT2D eigenvalue weighted by atomic mass is 10.0. The quantitative estimate of drug-likeness (QED) is 0.423. The number of halogens is 3. The van der Waals surface area contributed by atoms with Crippen LogP contribution in [0.3, 0.4) is 0 Å². The molecule has 1 unspecified atom stereocenters. The Morgan fingerprint density at radius 1 is 1.35 bits per heavy atom. The van der Waals surface area contributed by atoms with Crippen LogP contribution in [0.2, 0.25) is 5.02 Å². The van der Waals surface area contributed by atoms with E-state index >= 15 is 0 Å². The summed E-state index contributed by atoms with van der Waals surface area (Å²) in [4.78, 5) is 14.4. The van der Waals surface area contributed by atoms with Gasteiger partial charge in [-0.3, -0.25) is 4.79 Å². The first-order valence-corrected chi connectivity index (χ1v) is 11.9. The first-order chi connectivity index (χ1) is 16.6. The van der Waals surface area contributed by atoms with E-state index in [2.05, 4.69) is 11.4 Å². The SMILES string of the molecule is N#CCC/C=C(\NCCCOC(CF)CF)N1CC(N2CCCC2=O)C(c2ccc(Cl)cc2)=N1. The van der Waals surface area contributed by atoms with Gasteiger partial charge in [-0.2, -0.15) is 10.4 Å². The molecule has 1 N–H and O–H groups in total. The molecule has 2 heterocycles. The second kappa shape index (κ2) is 13.3. The van der Waals surface area contributed by atoms with Gasteiger partial charge in [-0.15, -0.1) is 0 Å². The Hall–Kier alpha value is -2.70. The maximum Gasteiger partial charge on any atom is 0.223 e. The number of carbonyl (C=O) groups is 1. The van der Waals surface area contributed by atoms with Gasteiger partial charge >= 0.3 is 0 Å². The molecule has 1 fully saturated rings. The van der Waals surface area contributed by atoms with Crippen molar-refractivity contribution in [1.82, 2.24) is 15.2 Å². The molecule has 0 spiro atoms. The molecule has 0 bridgehead atoms. The first-order valence-electron chi connectivity index (χ1n) is 11.5. The van der Waals surface area contributed by atoms with Crippen LogP contribution in [0.1, 0.15) is 37.7 Å². The topological polar surface area (TPSA) is 81.0 Å². The van der Waals surface area contributed by atoms with Crippen molar-refractivity contribution in [2.24, 2.45) is 5.10 Å². The Kier molecular flexibility index (Phi) is 10.1. The summed E-state index contributed by atoms with van der Waals surface area (Å²) >= 11 is 6.06. The van der Waals surface area contributed by atoms with Crippen molar-refractivity contribution in [3.63, 3.8) is 0 Å². The summed E-state index contributed by atoms with van der Waals surface area (Å²) < 4.78 is 30.4. The molecular formula is C24H30ClF2N5O2. The second-order valence-corrected chi connectivity index (χ2v) is 8.59. The Bertz CT molecular complexity index is 915. The summed E-state index contributed by atoms with van der Waals surface area (Å²) in [6, 6.07) is 9.33. The van der Waals surface area contributed by atoms with E-state index in [1.54, 1.807) is 12.1 Å². The van der Waals surface area contributed by atoms with Crippen LogP contribution in [-0.2, 0) is 9.53 Å². The highest BCUT2D eigenvalue weighted by atomic mass is 35.5. The third-order valence-corrected chi connectivity index (χ3v) is 5.97. The number of amides is 1. The summed E-state index contributed by atoms with van der Waals surface area (Å²) in [5.74, 6) is 0.840. The number of rotatable bonds is 13. The summed E-state index contributed by atoms with van der Waals surface area (Å²) in [6.45, 7) is 0.190. The first kappa shape index (κ1) is 25.9. The van der Waals surface area contributed by atoms with Crippen LogP contribution < -0.4 is 5.32 Å². The van der Waals surface area contributed by atoms with Gasteiger partial charge in [-0.05, 0) is 37.5 Å². The standard InChI is InChI=1S/C24H30ClF2N5O2/c25-19-9-7-18(8-10-19)24-21(31-13-3-6-23(31)33)17-32(30-24)22(5-1-2-11-28)29-12-4-14-34-20(15-26)16-27/h5,7-10,20-21,29H,1-4,6,12-17H2/b22-5+. The molecule has 2 aliphatic heterocycles. The molecule has 34 heavy (non-hydrogen) atoms. The van der Waals surface area contributed by atoms with Gasteiger partial charge in [0.15, 0.2) is 0 Å². The summed E-state index contributed by atoms with van der Waals surface area (Å²) in [6.07, 6.45) is 3.69. The van der Waals surface area contributed by atoms with Gasteiger partial charge in [0.05, 0.1) is 24.4 Å². The lowest BCUT2D eigenvalue weighted by Gasteiger charge is -2.26. The Balaban J connectivity index is 1.74. The number of alkyl halides is 2. The van der Waals surface area contributed by atoms with Crippen LogP contribution in [0, 0.1) is 11.3 Å². The molecular weight excluding hydrogens is 464 g/mol. The smallest absolute Gasteiger partial charge is 0.223 e. The molecule has 0 saturated carbocycles. The van der Waals surface area contributed by atoms with Crippen molar-refractivity contribution in [3.8, 4) is 6.07 Å². The zero-order valence-corrected chi connectivity index (χ0v) is 19.8. The fraction of sp³-hybridized carbons (Fsp3) is 0.542. The highest BCUT2D eigenvalue weighted by molar-refractivity contribution is 6.30.